The van der Waals surface area contributed by atoms with Crippen LogP contribution in [0.2, 0.25) is 0 Å². The molecule has 1 aromatic carbocycles. The van der Waals surface area contributed by atoms with Crippen LogP contribution >= 0.6 is 0 Å². The minimum Gasteiger partial charge on any atom is -0.465 e. The van der Waals surface area contributed by atoms with Crippen LogP contribution in [0.25, 0.3) is 11.0 Å². The number of hydrogen-bond acceptors (Lipinski definition) is 4. The van der Waals surface area contributed by atoms with Crippen LogP contribution < -0.4 is 11.3 Å². The quantitative estimate of drug-likeness (QED) is 0.563. The van der Waals surface area contributed by atoms with Crippen molar-refractivity contribution < 1.29 is 4.42 Å². The van der Waals surface area contributed by atoms with Crippen LogP contribution in [-0.4, -0.2) is 9.55 Å². The Morgan fingerprint density at radius 3 is 2.75 bits per heavy atom. The number of rotatable bonds is 4. The van der Waals surface area contributed by atoms with Crippen molar-refractivity contribution >= 4 is 11.0 Å². The fraction of sp³-hybridized carbons (Fsp3) is 0.267. The Hall–Kier alpha value is -2.11. The Morgan fingerprint density at radius 2 is 2.10 bits per heavy atom. The first-order chi connectivity index (χ1) is 9.69. The lowest BCUT2D eigenvalue weighted by molar-refractivity contribution is 0.397. The molecule has 3 aromatic rings. The summed E-state index contributed by atoms with van der Waals surface area (Å²) in [6.45, 7) is 1.92. The van der Waals surface area contributed by atoms with Gasteiger partial charge in [0.15, 0.2) is 0 Å². The summed E-state index contributed by atoms with van der Waals surface area (Å²) >= 11 is 0. The number of furan rings is 1. The van der Waals surface area contributed by atoms with Crippen LogP contribution in [0, 0.1) is 6.92 Å². The first-order valence-electron chi connectivity index (χ1n) is 6.62. The predicted octanol–water partition coefficient (Wildman–Crippen LogP) is 2.22. The predicted molar refractivity (Wildman–Crippen MR) is 77.9 cm³/mol. The van der Waals surface area contributed by atoms with Gasteiger partial charge in [-0.25, -0.2) is 10.4 Å². The van der Waals surface area contributed by atoms with Gasteiger partial charge in [0.05, 0.1) is 17.1 Å². The van der Waals surface area contributed by atoms with Gasteiger partial charge >= 0.3 is 0 Å². The van der Waals surface area contributed by atoms with E-state index in [2.05, 4.69) is 21.0 Å². The van der Waals surface area contributed by atoms with Crippen molar-refractivity contribution in [3.8, 4) is 0 Å². The zero-order valence-corrected chi connectivity index (χ0v) is 11.6. The fourth-order valence-electron chi connectivity index (χ4n) is 2.44. The lowest BCUT2D eigenvalue weighted by atomic mass is 10.1. The van der Waals surface area contributed by atoms with Crippen molar-refractivity contribution in [1.29, 1.82) is 0 Å². The largest absolute Gasteiger partial charge is 0.465 e. The van der Waals surface area contributed by atoms with Gasteiger partial charge in [0.2, 0.25) is 0 Å². The van der Waals surface area contributed by atoms with Gasteiger partial charge in [0.25, 0.3) is 0 Å². The highest BCUT2D eigenvalue weighted by atomic mass is 16.3. The molecule has 2 aromatic heterocycles. The van der Waals surface area contributed by atoms with Crippen molar-refractivity contribution in [3.63, 3.8) is 0 Å². The van der Waals surface area contributed by atoms with Gasteiger partial charge in [0, 0.05) is 13.5 Å². The molecule has 0 spiro atoms. The van der Waals surface area contributed by atoms with Gasteiger partial charge in [-0.2, -0.15) is 0 Å². The smallest absolute Gasteiger partial charge is 0.122 e. The molecule has 0 fully saturated rings. The van der Waals surface area contributed by atoms with E-state index < -0.39 is 0 Å². The van der Waals surface area contributed by atoms with E-state index >= 15 is 0 Å². The number of benzene rings is 1. The Morgan fingerprint density at radius 1 is 1.30 bits per heavy atom. The van der Waals surface area contributed by atoms with Crippen molar-refractivity contribution in [2.24, 2.45) is 12.9 Å². The van der Waals surface area contributed by atoms with Gasteiger partial charge in [-0.05, 0) is 31.2 Å². The Kier molecular flexibility index (Phi) is 3.30. The average Bonchev–Trinajstić information content (AvgIpc) is 3.01. The van der Waals surface area contributed by atoms with Gasteiger partial charge in [0.1, 0.15) is 17.3 Å². The van der Waals surface area contributed by atoms with Crippen LogP contribution in [-0.2, 0) is 13.5 Å². The van der Waals surface area contributed by atoms with Gasteiger partial charge < -0.3 is 8.98 Å². The molecular formula is C15H18N4O. The minimum atomic E-state index is -0.0841. The zero-order chi connectivity index (χ0) is 14.1. The lowest BCUT2D eigenvalue weighted by Crippen LogP contribution is -2.30. The number of nitrogens with two attached hydrogens (primary N) is 1. The first-order valence-corrected chi connectivity index (χ1v) is 6.62. The third-order valence-corrected chi connectivity index (χ3v) is 3.57. The van der Waals surface area contributed by atoms with E-state index in [0.29, 0.717) is 6.42 Å². The Labute approximate surface area is 117 Å². The molecule has 0 bridgehead atoms. The molecule has 0 aliphatic rings. The molecule has 0 aliphatic carbocycles. The second-order valence-electron chi connectivity index (χ2n) is 4.95. The molecule has 0 radical (unpaired) electrons. The van der Waals surface area contributed by atoms with E-state index in [-0.39, 0.29) is 6.04 Å². The highest BCUT2D eigenvalue weighted by Crippen LogP contribution is 2.22. The summed E-state index contributed by atoms with van der Waals surface area (Å²) in [6, 6.07) is 11.9. The minimum absolute atomic E-state index is 0.0841. The summed E-state index contributed by atoms with van der Waals surface area (Å²) in [5.41, 5.74) is 4.92. The molecule has 3 rings (SSSR count). The summed E-state index contributed by atoms with van der Waals surface area (Å²) in [6.07, 6.45) is 0.675. The van der Waals surface area contributed by atoms with Crippen LogP contribution in [0.3, 0.4) is 0 Å². The Bertz CT molecular complexity index is 728. The van der Waals surface area contributed by atoms with Crippen molar-refractivity contribution in [2.75, 3.05) is 0 Å². The number of hydrazine groups is 1. The van der Waals surface area contributed by atoms with Gasteiger partial charge in [-0.15, -0.1) is 0 Å². The Balaban J connectivity index is 1.93. The van der Waals surface area contributed by atoms with E-state index in [1.165, 1.54) is 0 Å². The SMILES string of the molecule is Cc1ccc(C(Cc2nc3ccccc3n2C)NN)o1. The topological polar surface area (TPSA) is 69.0 Å². The molecule has 5 heteroatoms. The lowest BCUT2D eigenvalue weighted by Gasteiger charge is -2.13. The molecule has 0 saturated carbocycles. The van der Waals surface area contributed by atoms with E-state index in [1.54, 1.807) is 0 Å². The monoisotopic (exact) mass is 270 g/mol. The number of hydrogen-bond donors (Lipinski definition) is 2. The zero-order valence-electron chi connectivity index (χ0n) is 11.6. The molecule has 104 valence electrons. The summed E-state index contributed by atoms with van der Waals surface area (Å²) in [5.74, 6) is 8.34. The number of para-hydroxylation sites is 2. The molecule has 2 heterocycles. The third kappa shape index (κ3) is 2.21. The highest BCUT2D eigenvalue weighted by Gasteiger charge is 2.18. The molecular weight excluding hydrogens is 252 g/mol. The van der Waals surface area contributed by atoms with Crippen molar-refractivity contribution in [1.82, 2.24) is 15.0 Å². The van der Waals surface area contributed by atoms with Crippen molar-refractivity contribution in [3.05, 3.63) is 53.7 Å². The standard InChI is InChI=1S/C15H18N4O/c1-10-7-8-14(20-10)12(18-16)9-15-17-11-5-3-4-6-13(11)19(15)2/h3-8,12,18H,9,16H2,1-2H3. The molecule has 1 atom stereocenters. The maximum atomic E-state index is 5.66. The van der Waals surface area contributed by atoms with E-state index in [9.17, 15) is 0 Å². The number of nitrogens with zero attached hydrogens (tertiary/aromatic N) is 2. The normalized spacial score (nSPS) is 12.9. The van der Waals surface area contributed by atoms with Crippen LogP contribution in [0.4, 0.5) is 0 Å². The van der Waals surface area contributed by atoms with Crippen LogP contribution in [0.5, 0.6) is 0 Å². The summed E-state index contributed by atoms with van der Waals surface area (Å²) in [4.78, 5) is 4.66. The summed E-state index contributed by atoms with van der Waals surface area (Å²) in [5, 5.41) is 0. The molecule has 0 amide bonds. The fourth-order valence-corrected chi connectivity index (χ4v) is 2.44. The van der Waals surface area contributed by atoms with Crippen molar-refractivity contribution in [2.45, 2.75) is 19.4 Å². The molecule has 1 unspecified atom stereocenters. The molecule has 5 nitrogen and oxygen atoms in total. The molecule has 0 saturated heterocycles. The number of nitrogens with one attached hydrogen (secondary N) is 1. The second-order valence-corrected chi connectivity index (χ2v) is 4.95. The summed E-state index contributed by atoms with van der Waals surface area (Å²) < 4.78 is 7.74. The van der Waals surface area contributed by atoms with E-state index in [4.69, 9.17) is 10.3 Å². The highest BCUT2D eigenvalue weighted by molar-refractivity contribution is 5.75. The van der Waals surface area contributed by atoms with E-state index in [0.717, 1.165) is 28.4 Å². The maximum Gasteiger partial charge on any atom is 0.122 e. The number of fused-ring (bicyclic) bond motifs is 1. The van der Waals surface area contributed by atoms with E-state index in [1.807, 2.05) is 44.3 Å². The average molecular weight is 270 g/mol. The van der Waals surface area contributed by atoms with Crippen LogP contribution in [0.15, 0.2) is 40.8 Å². The second kappa shape index (κ2) is 5.11. The van der Waals surface area contributed by atoms with Gasteiger partial charge in [-0.3, -0.25) is 5.84 Å². The third-order valence-electron chi connectivity index (χ3n) is 3.57. The summed E-state index contributed by atoms with van der Waals surface area (Å²) in [7, 11) is 2.02. The first kappa shape index (κ1) is 12.9. The van der Waals surface area contributed by atoms with Gasteiger partial charge in [-0.1, -0.05) is 12.1 Å². The maximum absolute atomic E-state index is 5.66. The number of aryl methyl sites for hydroxylation is 2. The molecule has 20 heavy (non-hydrogen) atoms. The number of imidazole rings is 1. The molecule has 3 N–H and O–H groups in total. The number of aromatic nitrogens is 2. The van der Waals surface area contributed by atoms with Crippen LogP contribution in [0.1, 0.15) is 23.4 Å². The molecule has 0 aliphatic heterocycles.